The third-order valence-corrected chi connectivity index (χ3v) is 3.39. The van der Waals surface area contributed by atoms with Crippen molar-refractivity contribution in [1.29, 1.82) is 0 Å². The van der Waals surface area contributed by atoms with Crippen LogP contribution in [0.5, 0.6) is 5.75 Å². The van der Waals surface area contributed by atoms with Crippen LogP contribution < -0.4 is 4.74 Å². The molecule has 2 aromatic rings. The van der Waals surface area contributed by atoms with E-state index in [0.29, 0.717) is 10.7 Å². The summed E-state index contributed by atoms with van der Waals surface area (Å²) >= 11 is 6.16. The normalized spacial score (nSPS) is 12.7. The molecule has 2 rings (SSSR count). The molecule has 1 aromatic heterocycles. The van der Waals surface area contributed by atoms with Gasteiger partial charge in [-0.3, -0.25) is 4.68 Å². The standard InChI is InChI=1S/C16H21ClN2O2/c1-4-9-19-15(14(17)10-18-19)16(20)12-5-7-13(8-6-12)21-11(2)3/h5-8,10-11,16,20H,4,9H2,1-3H3. The number of aliphatic hydroxyl groups is 1. The van der Waals surface area contributed by atoms with Crippen molar-refractivity contribution in [3.63, 3.8) is 0 Å². The molecule has 114 valence electrons. The molecule has 0 saturated carbocycles. The first-order valence-corrected chi connectivity index (χ1v) is 7.56. The number of hydrogen-bond acceptors (Lipinski definition) is 3. The van der Waals surface area contributed by atoms with Gasteiger partial charge in [0.05, 0.1) is 23.0 Å². The summed E-state index contributed by atoms with van der Waals surface area (Å²) in [6, 6.07) is 7.41. The Hall–Kier alpha value is -1.52. The zero-order valence-corrected chi connectivity index (χ0v) is 13.3. The highest BCUT2D eigenvalue weighted by Crippen LogP contribution is 2.29. The van der Waals surface area contributed by atoms with Gasteiger partial charge in [0.1, 0.15) is 11.9 Å². The van der Waals surface area contributed by atoms with Crippen molar-refractivity contribution in [2.75, 3.05) is 0 Å². The van der Waals surface area contributed by atoms with Crippen LogP contribution in [0.3, 0.4) is 0 Å². The Kier molecular flexibility index (Phi) is 5.26. The molecule has 1 heterocycles. The third kappa shape index (κ3) is 3.77. The zero-order valence-electron chi connectivity index (χ0n) is 12.6. The minimum absolute atomic E-state index is 0.126. The lowest BCUT2D eigenvalue weighted by Crippen LogP contribution is -2.11. The predicted octanol–water partition coefficient (Wildman–Crippen LogP) is 3.82. The van der Waals surface area contributed by atoms with Crippen LogP contribution >= 0.6 is 11.6 Å². The van der Waals surface area contributed by atoms with Crippen LogP contribution in [0.2, 0.25) is 5.02 Å². The number of benzene rings is 1. The van der Waals surface area contributed by atoms with Gasteiger partial charge < -0.3 is 9.84 Å². The lowest BCUT2D eigenvalue weighted by molar-refractivity contribution is 0.207. The quantitative estimate of drug-likeness (QED) is 0.882. The van der Waals surface area contributed by atoms with Crippen LogP contribution in [0.15, 0.2) is 30.5 Å². The van der Waals surface area contributed by atoms with E-state index < -0.39 is 6.10 Å². The molecule has 0 aliphatic rings. The summed E-state index contributed by atoms with van der Waals surface area (Å²) in [7, 11) is 0. The zero-order chi connectivity index (χ0) is 15.4. The monoisotopic (exact) mass is 308 g/mol. The van der Waals surface area contributed by atoms with E-state index in [2.05, 4.69) is 12.0 Å². The van der Waals surface area contributed by atoms with Gasteiger partial charge in [-0.2, -0.15) is 5.10 Å². The molecular weight excluding hydrogens is 288 g/mol. The number of hydrogen-bond donors (Lipinski definition) is 1. The van der Waals surface area contributed by atoms with Crippen molar-refractivity contribution in [2.45, 2.75) is 45.9 Å². The van der Waals surface area contributed by atoms with E-state index in [1.54, 1.807) is 10.9 Å². The molecule has 0 aliphatic heterocycles. The van der Waals surface area contributed by atoms with Gasteiger partial charge in [0, 0.05) is 6.54 Å². The maximum absolute atomic E-state index is 10.6. The summed E-state index contributed by atoms with van der Waals surface area (Å²) in [6.45, 7) is 6.75. The molecule has 0 radical (unpaired) electrons. The lowest BCUT2D eigenvalue weighted by atomic mass is 10.1. The Bertz CT molecular complexity index is 578. The van der Waals surface area contributed by atoms with E-state index in [4.69, 9.17) is 16.3 Å². The number of halogens is 1. The molecule has 0 amide bonds. The molecule has 1 atom stereocenters. The van der Waals surface area contributed by atoms with Crippen LogP contribution in [0.25, 0.3) is 0 Å². The van der Waals surface area contributed by atoms with E-state index in [1.807, 2.05) is 38.1 Å². The molecule has 21 heavy (non-hydrogen) atoms. The van der Waals surface area contributed by atoms with E-state index in [-0.39, 0.29) is 6.10 Å². The second-order valence-corrected chi connectivity index (χ2v) is 5.65. The molecule has 0 saturated heterocycles. The van der Waals surface area contributed by atoms with Crippen LogP contribution in [-0.2, 0) is 6.54 Å². The number of aromatic nitrogens is 2. The highest BCUT2D eigenvalue weighted by atomic mass is 35.5. The second-order valence-electron chi connectivity index (χ2n) is 5.24. The molecule has 1 unspecified atom stereocenters. The molecule has 1 N–H and O–H groups in total. The molecule has 0 bridgehead atoms. The van der Waals surface area contributed by atoms with Crippen LogP contribution in [0, 0.1) is 0 Å². The van der Waals surface area contributed by atoms with Crippen molar-refractivity contribution >= 4 is 11.6 Å². The highest BCUT2D eigenvalue weighted by molar-refractivity contribution is 6.31. The fourth-order valence-electron chi connectivity index (χ4n) is 2.19. The number of ether oxygens (including phenoxy) is 1. The first kappa shape index (κ1) is 15.9. The largest absolute Gasteiger partial charge is 0.491 e. The summed E-state index contributed by atoms with van der Waals surface area (Å²) in [6.07, 6.45) is 1.84. The topological polar surface area (TPSA) is 47.3 Å². The Morgan fingerprint density at radius 2 is 1.95 bits per heavy atom. The van der Waals surface area contributed by atoms with Gasteiger partial charge in [-0.05, 0) is 38.0 Å². The smallest absolute Gasteiger partial charge is 0.122 e. The van der Waals surface area contributed by atoms with Gasteiger partial charge in [-0.15, -0.1) is 0 Å². The molecular formula is C16H21ClN2O2. The fourth-order valence-corrected chi connectivity index (χ4v) is 2.44. The summed E-state index contributed by atoms with van der Waals surface area (Å²) < 4.78 is 7.36. The molecule has 0 spiro atoms. The number of nitrogens with zero attached hydrogens (tertiary/aromatic N) is 2. The maximum atomic E-state index is 10.6. The van der Waals surface area contributed by atoms with Crippen molar-refractivity contribution in [3.05, 3.63) is 46.7 Å². The molecule has 5 heteroatoms. The van der Waals surface area contributed by atoms with Gasteiger partial charge >= 0.3 is 0 Å². The lowest BCUT2D eigenvalue weighted by Gasteiger charge is -2.15. The SMILES string of the molecule is CCCn1ncc(Cl)c1C(O)c1ccc(OC(C)C)cc1. The summed E-state index contributed by atoms with van der Waals surface area (Å²) in [5.41, 5.74) is 1.40. The highest BCUT2D eigenvalue weighted by Gasteiger charge is 2.19. The average molecular weight is 309 g/mol. The van der Waals surface area contributed by atoms with Crippen molar-refractivity contribution in [2.24, 2.45) is 0 Å². The van der Waals surface area contributed by atoms with Crippen molar-refractivity contribution < 1.29 is 9.84 Å². The first-order valence-electron chi connectivity index (χ1n) is 7.18. The molecule has 1 aromatic carbocycles. The number of aliphatic hydroxyl groups excluding tert-OH is 1. The summed E-state index contributed by atoms with van der Waals surface area (Å²) in [5.74, 6) is 0.786. The van der Waals surface area contributed by atoms with Gasteiger partial charge in [0.25, 0.3) is 0 Å². The minimum Gasteiger partial charge on any atom is -0.491 e. The van der Waals surface area contributed by atoms with Gasteiger partial charge in [0.2, 0.25) is 0 Å². The van der Waals surface area contributed by atoms with Crippen LogP contribution in [0.1, 0.15) is 44.6 Å². The second kappa shape index (κ2) is 6.96. The fraction of sp³-hybridized carbons (Fsp3) is 0.438. The maximum Gasteiger partial charge on any atom is 0.122 e. The first-order chi connectivity index (χ1) is 10.0. The Morgan fingerprint density at radius 1 is 1.29 bits per heavy atom. The Morgan fingerprint density at radius 3 is 2.52 bits per heavy atom. The molecule has 0 aliphatic carbocycles. The summed E-state index contributed by atoms with van der Waals surface area (Å²) in [5, 5.41) is 15.2. The van der Waals surface area contributed by atoms with E-state index in [1.165, 1.54) is 0 Å². The third-order valence-electron chi connectivity index (χ3n) is 3.10. The Balaban J connectivity index is 2.23. The molecule has 0 fully saturated rings. The van der Waals surface area contributed by atoms with Gasteiger partial charge in [-0.25, -0.2) is 0 Å². The molecule has 4 nitrogen and oxygen atoms in total. The van der Waals surface area contributed by atoms with Crippen LogP contribution in [0.4, 0.5) is 0 Å². The van der Waals surface area contributed by atoms with Gasteiger partial charge in [0.15, 0.2) is 0 Å². The minimum atomic E-state index is -0.792. The van der Waals surface area contributed by atoms with E-state index in [9.17, 15) is 5.11 Å². The van der Waals surface area contributed by atoms with Gasteiger partial charge in [-0.1, -0.05) is 30.7 Å². The summed E-state index contributed by atoms with van der Waals surface area (Å²) in [4.78, 5) is 0. The van der Waals surface area contributed by atoms with Crippen LogP contribution in [-0.4, -0.2) is 21.0 Å². The van der Waals surface area contributed by atoms with E-state index >= 15 is 0 Å². The Labute approximate surface area is 130 Å². The average Bonchev–Trinajstić information content (AvgIpc) is 2.80. The van der Waals surface area contributed by atoms with Crippen molar-refractivity contribution in [3.8, 4) is 5.75 Å². The number of rotatable bonds is 6. The number of aryl methyl sites for hydroxylation is 1. The predicted molar refractivity (Wildman–Crippen MR) is 83.8 cm³/mol. The van der Waals surface area contributed by atoms with Crippen molar-refractivity contribution in [1.82, 2.24) is 9.78 Å². The van der Waals surface area contributed by atoms with E-state index in [0.717, 1.165) is 24.3 Å².